The molecule has 1 unspecified atom stereocenters. The molecule has 204 valence electrons. The lowest BCUT2D eigenvalue weighted by Gasteiger charge is -2.57. The number of aliphatic carboxylic acids is 2. The van der Waals surface area contributed by atoms with Gasteiger partial charge in [0.15, 0.2) is 0 Å². The second kappa shape index (κ2) is 10.5. The van der Waals surface area contributed by atoms with Gasteiger partial charge in [-0.15, -0.1) is 0 Å². The molecule has 1 aliphatic heterocycles. The van der Waals surface area contributed by atoms with Gasteiger partial charge in [0.1, 0.15) is 0 Å². The van der Waals surface area contributed by atoms with Crippen molar-refractivity contribution < 1.29 is 37.8 Å². The van der Waals surface area contributed by atoms with Crippen LogP contribution in [0.3, 0.4) is 0 Å². The minimum atomic E-state index is -4.33. The first-order valence-electron chi connectivity index (χ1n) is 12.8. The summed E-state index contributed by atoms with van der Waals surface area (Å²) >= 11 is 0. The zero-order valence-corrected chi connectivity index (χ0v) is 20.8. The maximum Gasteiger partial charge on any atom is 0.416 e. The number of nitrogens with one attached hydrogen (secondary N) is 1. The third-order valence-electron chi connectivity index (χ3n) is 8.39. The van der Waals surface area contributed by atoms with Crippen molar-refractivity contribution in [3.05, 3.63) is 29.8 Å². The van der Waals surface area contributed by atoms with Crippen LogP contribution in [-0.2, 0) is 20.6 Å². The van der Waals surface area contributed by atoms with E-state index in [1.807, 2.05) is 11.8 Å². The topological polar surface area (TPSA) is 110 Å². The Hall–Kier alpha value is -2.82. The van der Waals surface area contributed by atoms with E-state index >= 15 is 0 Å². The molecule has 6 rings (SSSR count). The van der Waals surface area contributed by atoms with E-state index in [9.17, 15) is 18.0 Å². The number of alkyl halides is 3. The van der Waals surface area contributed by atoms with E-state index < -0.39 is 23.7 Å². The number of nitrogens with zero attached hydrogens (tertiary/aromatic N) is 2. The molecule has 1 aromatic rings. The lowest BCUT2D eigenvalue weighted by molar-refractivity contribution is -0.159. The van der Waals surface area contributed by atoms with Crippen LogP contribution < -0.4 is 10.2 Å². The Bertz CT molecular complexity index is 976. The number of rotatable bonds is 4. The van der Waals surface area contributed by atoms with Crippen LogP contribution in [0, 0.1) is 17.8 Å². The smallest absolute Gasteiger partial charge is 0.416 e. The predicted molar refractivity (Wildman–Crippen MR) is 129 cm³/mol. The quantitative estimate of drug-likeness (QED) is 0.517. The number of amides is 1. The molecule has 1 heterocycles. The summed E-state index contributed by atoms with van der Waals surface area (Å²) < 4.78 is 39.1. The summed E-state index contributed by atoms with van der Waals surface area (Å²) in [5.74, 6) is -1.16. The highest BCUT2D eigenvalue weighted by atomic mass is 19.4. The lowest BCUT2D eigenvalue weighted by atomic mass is 9.53. The number of benzene rings is 1. The van der Waals surface area contributed by atoms with Gasteiger partial charge in [0.05, 0.1) is 11.6 Å². The van der Waals surface area contributed by atoms with Gasteiger partial charge in [-0.3, -0.25) is 9.69 Å². The molecule has 5 aliphatic rings. The van der Waals surface area contributed by atoms with Gasteiger partial charge < -0.3 is 20.4 Å². The summed E-state index contributed by atoms with van der Waals surface area (Å²) in [6, 6.07) is 5.31. The second-order valence-corrected chi connectivity index (χ2v) is 11.0. The minimum absolute atomic E-state index is 0.0138. The van der Waals surface area contributed by atoms with Crippen molar-refractivity contribution in [2.45, 2.75) is 63.2 Å². The van der Waals surface area contributed by atoms with E-state index in [1.165, 1.54) is 31.4 Å². The maximum atomic E-state index is 13.1. The van der Waals surface area contributed by atoms with Gasteiger partial charge in [0.25, 0.3) is 0 Å². The summed E-state index contributed by atoms with van der Waals surface area (Å²) in [4.78, 5) is 35.5. The predicted octanol–water partition coefficient (Wildman–Crippen LogP) is 3.46. The standard InChI is InChI=1S/C24H32F3N3O.C2H2O4/c1-16(22(31)28-23-13-17-9-18(14-23)11-19(10-17)15-23)29-5-7-30(8-6-29)21-4-2-3-20(12-21)24(25,26)27;3-1(4)2(5)6/h2-4,12,16-19H,5-11,13-15H2,1H3,(H,28,31);(H,3,4)(H,5,6). The summed E-state index contributed by atoms with van der Waals surface area (Å²) in [5.41, 5.74) is -0.00385. The van der Waals surface area contributed by atoms with Gasteiger partial charge in [0, 0.05) is 37.4 Å². The van der Waals surface area contributed by atoms with Crippen LogP contribution in [0.4, 0.5) is 18.9 Å². The van der Waals surface area contributed by atoms with Crippen LogP contribution in [-0.4, -0.2) is 70.7 Å². The Morgan fingerprint density at radius 2 is 1.46 bits per heavy atom. The molecule has 3 N–H and O–H groups in total. The molecular formula is C26H34F3N3O5. The fraction of sp³-hybridized carbons (Fsp3) is 0.654. The minimum Gasteiger partial charge on any atom is -0.473 e. The molecule has 1 amide bonds. The zero-order valence-electron chi connectivity index (χ0n) is 20.8. The number of carboxylic acid groups (broad SMARTS) is 2. The number of carbonyl (C=O) groups excluding carboxylic acids is 1. The Morgan fingerprint density at radius 3 is 1.92 bits per heavy atom. The Labute approximate surface area is 213 Å². The molecule has 8 nitrogen and oxygen atoms in total. The van der Waals surface area contributed by atoms with E-state index in [1.54, 1.807) is 6.07 Å². The second-order valence-electron chi connectivity index (χ2n) is 11.0. The molecule has 0 aromatic heterocycles. The highest BCUT2D eigenvalue weighted by Gasteiger charge is 2.51. The molecule has 4 bridgehead atoms. The van der Waals surface area contributed by atoms with E-state index in [2.05, 4.69) is 10.2 Å². The Morgan fingerprint density at radius 1 is 0.946 bits per heavy atom. The van der Waals surface area contributed by atoms with Crippen molar-refractivity contribution in [2.75, 3.05) is 31.1 Å². The van der Waals surface area contributed by atoms with Crippen LogP contribution in [0.15, 0.2) is 24.3 Å². The van der Waals surface area contributed by atoms with E-state index in [4.69, 9.17) is 19.8 Å². The van der Waals surface area contributed by atoms with Gasteiger partial charge in [-0.2, -0.15) is 13.2 Å². The Kier molecular flexibility index (Phi) is 7.73. The molecule has 4 saturated carbocycles. The first-order valence-corrected chi connectivity index (χ1v) is 12.8. The average Bonchev–Trinajstić information content (AvgIpc) is 2.82. The summed E-state index contributed by atoms with van der Waals surface area (Å²) in [7, 11) is 0. The molecule has 4 aliphatic carbocycles. The van der Waals surface area contributed by atoms with Crippen LogP contribution in [0.25, 0.3) is 0 Å². The molecule has 5 fully saturated rings. The fourth-order valence-corrected chi connectivity index (χ4v) is 7.04. The highest BCUT2D eigenvalue weighted by molar-refractivity contribution is 6.27. The first kappa shape index (κ1) is 27.2. The largest absolute Gasteiger partial charge is 0.473 e. The Balaban J connectivity index is 0.000000480. The molecule has 37 heavy (non-hydrogen) atoms. The molecule has 0 radical (unpaired) electrons. The fourth-order valence-electron chi connectivity index (χ4n) is 7.04. The molecule has 11 heteroatoms. The molecule has 1 atom stereocenters. The first-order chi connectivity index (χ1) is 17.3. The van der Waals surface area contributed by atoms with Gasteiger partial charge >= 0.3 is 18.1 Å². The summed E-state index contributed by atoms with van der Waals surface area (Å²) in [6.07, 6.45) is 3.14. The molecule has 1 aromatic carbocycles. The number of hydrogen-bond donors (Lipinski definition) is 3. The number of halogens is 3. The number of hydrogen-bond acceptors (Lipinski definition) is 5. The van der Waals surface area contributed by atoms with Crippen molar-refractivity contribution in [1.29, 1.82) is 0 Å². The normalized spacial score (nSPS) is 29.7. The van der Waals surface area contributed by atoms with Crippen molar-refractivity contribution in [1.82, 2.24) is 10.2 Å². The monoisotopic (exact) mass is 525 g/mol. The summed E-state index contributed by atoms with van der Waals surface area (Å²) in [6.45, 7) is 4.56. The summed E-state index contributed by atoms with van der Waals surface area (Å²) in [5, 5.41) is 18.3. The van der Waals surface area contributed by atoms with Gasteiger partial charge in [0.2, 0.25) is 5.91 Å². The highest BCUT2D eigenvalue weighted by Crippen LogP contribution is 2.55. The van der Waals surface area contributed by atoms with Crippen LogP contribution in [0.5, 0.6) is 0 Å². The van der Waals surface area contributed by atoms with Crippen LogP contribution in [0.1, 0.15) is 51.0 Å². The number of piperazine rings is 1. The van der Waals surface area contributed by atoms with Crippen molar-refractivity contribution in [2.24, 2.45) is 17.8 Å². The van der Waals surface area contributed by atoms with E-state index in [-0.39, 0.29) is 17.5 Å². The zero-order chi connectivity index (χ0) is 27.0. The third-order valence-corrected chi connectivity index (χ3v) is 8.39. The van der Waals surface area contributed by atoms with E-state index in [0.29, 0.717) is 31.9 Å². The van der Waals surface area contributed by atoms with Gasteiger partial charge in [-0.05, 0) is 81.4 Å². The average molecular weight is 526 g/mol. The molecular weight excluding hydrogens is 491 g/mol. The van der Waals surface area contributed by atoms with E-state index in [0.717, 1.165) is 43.1 Å². The lowest BCUT2D eigenvalue weighted by Crippen LogP contribution is -2.63. The molecule has 0 spiro atoms. The molecule has 1 saturated heterocycles. The van der Waals surface area contributed by atoms with Crippen molar-refractivity contribution in [3.8, 4) is 0 Å². The number of anilines is 1. The van der Waals surface area contributed by atoms with Crippen LogP contribution >= 0.6 is 0 Å². The van der Waals surface area contributed by atoms with Crippen LogP contribution in [0.2, 0.25) is 0 Å². The van der Waals surface area contributed by atoms with Gasteiger partial charge in [-0.1, -0.05) is 6.07 Å². The number of carboxylic acids is 2. The van der Waals surface area contributed by atoms with Crippen molar-refractivity contribution in [3.63, 3.8) is 0 Å². The van der Waals surface area contributed by atoms with Crippen molar-refractivity contribution >= 4 is 23.5 Å². The van der Waals surface area contributed by atoms with Gasteiger partial charge in [-0.25, -0.2) is 9.59 Å². The third kappa shape index (κ3) is 6.37. The SMILES string of the molecule is CC(C(=O)NC12CC3CC(CC(C3)C1)C2)N1CCN(c2cccc(C(F)(F)F)c2)CC1.O=C(O)C(=O)O. The maximum absolute atomic E-state index is 13.1. The number of carbonyl (C=O) groups is 3.